The minimum atomic E-state index is -0.729. The van der Waals surface area contributed by atoms with Crippen molar-refractivity contribution in [1.82, 2.24) is 0 Å². The van der Waals surface area contributed by atoms with Crippen LogP contribution in [0.4, 0.5) is 0 Å². The lowest BCUT2D eigenvalue weighted by Gasteiger charge is -2.06. The molecule has 1 aromatic heterocycles. The number of furan rings is 1. The van der Waals surface area contributed by atoms with Crippen molar-refractivity contribution in [3.8, 4) is 0 Å². The maximum atomic E-state index is 8.74. The summed E-state index contributed by atoms with van der Waals surface area (Å²) in [4.78, 5) is 0. The van der Waals surface area contributed by atoms with E-state index in [0.29, 0.717) is 19.8 Å². The molecule has 1 N–H and O–H groups in total. The minimum Gasteiger partial charge on any atom is -0.467 e. The van der Waals surface area contributed by atoms with Crippen molar-refractivity contribution >= 4 is 0 Å². The summed E-state index contributed by atoms with van der Waals surface area (Å²) < 4.78 is 15.1. The number of aliphatic hydroxyl groups excluding tert-OH is 1. The maximum absolute atomic E-state index is 8.74. The predicted molar refractivity (Wildman–Crippen MR) is 46.0 cm³/mol. The fraction of sp³-hybridized carbons (Fsp3) is 0.556. The summed E-state index contributed by atoms with van der Waals surface area (Å²) in [6.45, 7) is 2.84. The Kier molecular flexibility index (Phi) is 4.53. The Bertz CT molecular complexity index is 205. The number of hydrogen-bond donors (Lipinski definition) is 1. The van der Waals surface area contributed by atoms with Gasteiger partial charge < -0.3 is 19.0 Å². The van der Waals surface area contributed by atoms with Crippen molar-refractivity contribution in [3.63, 3.8) is 0 Å². The third kappa shape index (κ3) is 4.67. The van der Waals surface area contributed by atoms with Crippen molar-refractivity contribution in [3.05, 3.63) is 24.2 Å². The maximum Gasteiger partial charge on any atom is 0.151 e. The minimum absolute atomic E-state index is 0.387. The van der Waals surface area contributed by atoms with E-state index in [0.717, 1.165) is 5.76 Å². The molecule has 0 saturated carbocycles. The second-order valence-electron chi connectivity index (χ2n) is 2.60. The van der Waals surface area contributed by atoms with Gasteiger partial charge in [0, 0.05) is 0 Å². The molecule has 0 saturated heterocycles. The topological polar surface area (TPSA) is 51.8 Å². The lowest BCUT2D eigenvalue weighted by atomic mass is 10.5. The van der Waals surface area contributed by atoms with Crippen LogP contribution in [-0.2, 0) is 16.1 Å². The highest BCUT2D eigenvalue weighted by Crippen LogP contribution is 2.01. The summed E-state index contributed by atoms with van der Waals surface area (Å²) >= 11 is 0. The molecule has 0 aliphatic carbocycles. The quantitative estimate of drug-likeness (QED) is 0.535. The van der Waals surface area contributed by atoms with Crippen LogP contribution >= 0.6 is 0 Å². The highest BCUT2D eigenvalue weighted by molar-refractivity contribution is 4.95. The molecule has 0 aliphatic rings. The highest BCUT2D eigenvalue weighted by atomic mass is 16.6. The van der Waals surface area contributed by atoms with Gasteiger partial charge in [0.1, 0.15) is 12.4 Å². The third-order valence-electron chi connectivity index (χ3n) is 1.41. The van der Waals surface area contributed by atoms with Crippen molar-refractivity contribution in [1.29, 1.82) is 0 Å². The second kappa shape index (κ2) is 5.75. The van der Waals surface area contributed by atoms with Crippen LogP contribution in [0.3, 0.4) is 0 Å². The zero-order valence-electron chi connectivity index (χ0n) is 7.60. The molecule has 0 aliphatic heterocycles. The molecule has 13 heavy (non-hydrogen) atoms. The third-order valence-corrected chi connectivity index (χ3v) is 1.41. The smallest absolute Gasteiger partial charge is 0.151 e. The summed E-state index contributed by atoms with van der Waals surface area (Å²) in [5.74, 6) is 0.789. The van der Waals surface area contributed by atoms with Crippen LogP contribution in [-0.4, -0.2) is 24.6 Å². The van der Waals surface area contributed by atoms with Gasteiger partial charge >= 0.3 is 0 Å². The predicted octanol–water partition coefficient (Wildman–Crippen LogP) is 1.15. The van der Waals surface area contributed by atoms with E-state index in [4.69, 9.17) is 19.0 Å². The molecular weight excluding hydrogens is 172 g/mol. The molecule has 1 heterocycles. The molecular formula is C9H14O4. The summed E-state index contributed by atoms with van der Waals surface area (Å²) in [7, 11) is 0. The highest BCUT2D eigenvalue weighted by Gasteiger charge is 1.96. The van der Waals surface area contributed by atoms with E-state index >= 15 is 0 Å². The molecule has 4 heteroatoms. The molecule has 0 radical (unpaired) electrons. The Morgan fingerprint density at radius 3 is 3.00 bits per heavy atom. The molecule has 0 bridgehead atoms. The summed E-state index contributed by atoms with van der Waals surface area (Å²) in [6.07, 6.45) is 0.873. The first kappa shape index (κ1) is 10.2. The lowest BCUT2D eigenvalue weighted by Crippen LogP contribution is -2.11. The van der Waals surface area contributed by atoms with Gasteiger partial charge in [0.05, 0.1) is 19.5 Å². The van der Waals surface area contributed by atoms with Gasteiger partial charge in [-0.2, -0.15) is 0 Å². The van der Waals surface area contributed by atoms with Crippen LogP contribution in [0.15, 0.2) is 22.8 Å². The van der Waals surface area contributed by atoms with Gasteiger partial charge in [0.2, 0.25) is 0 Å². The zero-order chi connectivity index (χ0) is 9.52. The lowest BCUT2D eigenvalue weighted by molar-refractivity contribution is -0.101. The van der Waals surface area contributed by atoms with Crippen LogP contribution < -0.4 is 0 Å². The molecule has 1 atom stereocenters. The van der Waals surface area contributed by atoms with Gasteiger partial charge in [-0.25, -0.2) is 0 Å². The summed E-state index contributed by atoms with van der Waals surface area (Å²) in [6, 6.07) is 3.65. The average molecular weight is 186 g/mol. The first-order valence-electron chi connectivity index (χ1n) is 4.19. The van der Waals surface area contributed by atoms with Gasteiger partial charge in [-0.3, -0.25) is 0 Å². The van der Waals surface area contributed by atoms with Crippen molar-refractivity contribution in [2.45, 2.75) is 19.8 Å². The molecule has 0 amide bonds. The number of hydrogen-bond acceptors (Lipinski definition) is 4. The zero-order valence-corrected chi connectivity index (χ0v) is 7.60. The Morgan fingerprint density at radius 1 is 1.54 bits per heavy atom. The molecule has 0 aromatic carbocycles. The molecule has 0 fully saturated rings. The summed E-state index contributed by atoms with van der Waals surface area (Å²) in [5.41, 5.74) is 0. The van der Waals surface area contributed by atoms with Gasteiger partial charge in [-0.15, -0.1) is 0 Å². The molecule has 4 nitrogen and oxygen atoms in total. The van der Waals surface area contributed by atoms with E-state index in [2.05, 4.69) is 0 Å². The average Bonchev–Trinajstić information content (AvgIpc) is 2.55. The van der Waals surface area contributed by atoms with Crippen LogP contribution in [0.2, 0.25) is 0 Å². The van der Waals surface area contributed by atoms with Crippen LogP contribution in [0.25, 0.3) is 0 Å². The van der Waals surface area contributed by atoms with Crippen LogP contribution in [0.1, 0.15) is 12.7 Å². The molecule has 1 rings (SSSR count). The Balaban J connectivity index is 1.96. The largest absolute Gasteiger partial charge is 0.467 e. The van der Waals surface area contributed by atoms with E-state index in [9.17, 15) is 0 Å². The first-order valence-corrected chi connectivity index (χ1v) is 4.19. The second-order valence-corrected chi connectivity index (χ2v) is 2.60. The number of rotatable bonds is 6. The van der Waals surface area contributed by atoms with Crippen molar-refractivity contribution < 1.29 is 19.0 Å². The van der Waals surface area contributed by atoms with Gasteiger partial charge in [-0.05, 0) is 19.1 Å². The first-order chi connectivity index (χ1) is 6.29. The SMILES string of the molecule is CC(O)OCCOCc1ccco1. The standard InChI is InChI=1S/C9H14O4/c1-8(10)12-6-5-11-7-9-3-2-4-13-9/h2-4,8,10H,5-7H2,1H3. The fourth-order valence-electron chi connectivity index (χ4n) is 0.845. The van der Waals surface area contributed by atoms with E-state index in [1.54, 1.807) is 13.2 Å². The number of ether oxygens (including phenoxy) is 2. The van der Waals surface area contributed by atoms with Crippen LogP contribution in [0, 0.1) is 0 Å². The summed E-state index contributed by atoms with van der Waals surface area (Å²) in [5, 5.41) is 8.74. The Morgan fingerprint density at radius 2 is 2.38 bits per heavy atom. The van der Waals surface area contributed by atoms with E-state index in [-0.39, 0.29) is 0 Å². The molecule has 1 aromatic rings. The van der Waals surface area contributed by atoms with E-state index in [1.807, 2.05) is 12.1 Å². The van der Waals surface area contributed by atoms with Crippen molar-refractivity contribution in [2.75, 3.05) is 13.2 Å². The molecule has 74 valence electrons. The normalized spacial score (nSPS) is 13.1. The molecule has 1 unspecified atom stereocenters. The van der Waals surface area contributed by atoms with E-state index in [1.165, 1.54) is 0 Å². The van der Waals surface area contributed by atoms with Crippen LogP contribution in [0.5, 0.6) is 0 Å². The Labute approximate surface area is 77.1 Å². The molecule has 0 spiro atoms. The van der Waals surface area contributed by atoms with Gasteiger partial charge in [0.15, 0.2) is 6.29 Å². The fourth-order valence-corrected chi connectivity index (χ4v) is 0.845. The van der Waals surface area contributed by atoms with Gasteiger partial charge in [0.25, 0.3) is 0 Å². The Hall–Kier alpha value is -0.840. The van der Waals surface area contributed by atoms with Gasteiger partial charge in [-0.1, -0.05) is 0 Å². The van der Waals surface area contributed by atoms with E-state index < -0.39 is 6.29 Å². The number of aliphatic hydroxyl groups is 1. The monoisotopic (exact) mass is 186 g/mol. The van der Waals surface area contributed by atoms with Crippen molar-refractivity contribution in [2.24, 2.45) is 0 Å².